The van der Waals surface area contributed by atoms with Crippen LogP contribution >= 0.6 is 0 Å². The molecule has 7 nitrogen and oxygen atoms in total. The Kier molecular flexibility index (Phi) is 3.92. The third kappa shape index (κ3) is 2.30. The molecule has 1 aromatic rings. The maximum Gasteiger partial charge on any atom is 0.276 e. The normalized spacial score (nSPS) is 25.0. The summed E-state index contributed by atoms with van der Waals surface area (Å²) in [6.07, 6.45) is 2.38. The van der Waals surface area contributed by atoms with Gasteiger partial charge in [-0.25, -0.2) is 0 Å². The third-order valence-electron chi connectivity index (χ3n) is 4.58. The van der Waals surface area contributed by atoms with Crippen LogP contribution in [0.3, 0.4) is 0 Å². The summed E-state index contributed by atoms with van der Waals surface area (Å²) in [4.78, 5) is 28.4. The van der Waals surface area contributed by atoms with Crippen molar-refractivity contribution in [3.05, 3.63) is 28.2 Å². The highest BCUT2D eigenvalue weighted by Crippen LogP contribution is 2.29. The van der Waals surface area contributed by atoms with Crippen molar-refractivity contribution in [2.75, 3.05) is 26.8 Å². The molecular weight excluding hydrogens is 286 g/mol. The van der Waals surface area contributed by atoms with Crippen LogP contribution in [0.1, 0.15) is 23.8 Å². The summed E-state index contributed by atoms with van der Waals surface area (Å²) >= 11 is 0. The van der Waals surface area contributed by atoms with Gasteiger partial charge >= 0.3 is 0 Å². The molecule has 2 aliphatic heterocycles. The van der Waals surface area contributed by atoms with E-state index < -0.39 is 11.2 Å². The first-order valence-electron chi connectivity index (χ1n) is 7.52. The van der Waals surface area contributed by atoms with Crippen LogP contribution < -0.4 is 5.43 Å². The van der Waals surface area contributed by atoms with Gasteiger partial charge in [0.25, 0.3) is 5.91 Å². The highest BCUT2D eigenvalue weighted by atomic mass is 16.5. The van der Waals surface area contributed by atoms with Crippen LogP contribution in [0.25, 0.3) is 0 Å². The molecule has 0 spiro atoms. The summed E-state index contributed by atoms with van der Waals surface area (Å²) in [5.74, 6) is -0.728. The molecule has 3 heterocycles. The first-order valence-corrected chi connectivity index (χ1v) is 7.52. The lowest BCUT2D eigenvalue weighted by Gasteiger charge is -2.50. The first kappa shape index (κ1) is 15.1. The van der Waals surface area contributed by atoms with E-state index in [2.05, 4.69) is 4.90 Å². The highest BCUT2D eigenvalue weighted by Gasteiger charge is 2.42. The number of aromatic nitrogens is 1. The molecule has 22 heavy (non-hydrogen) atoms. The van der Waals surface area contributed by atoms with E-state index >= 15 is 0 Å². The second-order valence-corrected chi connectivity index (χ2v) is 5.89. The molecule has 2 unspecified atom stereocenters. The van der Waals surface area contributed by atoms with Gasteiger partial charge in [0.05, 0.1) is 13.2 Å². The molecule has 1 N–H and O–H groups in total. The number of hydrogen-bond acceptors (Lipinski definition) is 5. The number of carbonyl (C=O) groups excluding carboxylic acids is 1. The molecule has 1 fully saturated rings. The van der Waals surface area contributed by atoms with Crippen LogP contribution in [-0.2, 0) is 11.3 Å². The number of carbonyl (C=O) groups is 1. The van der Waals surface area contributed by atoms with Crippen molar-refractivity contribution >= 4 is 5.91 Å². The largest absolute Gasteiger partial charge is 0.503 e. The highest BCUT2D eigenvalue weighted by molar-refractivity contribution is 5.96. The van der Waals surface area contributed by atoms with E-state index in [9.17, 15) is 14.7 Å². The van der Waals surface area contributed by atoms with Gasteiger partial charge in [0.1, 0.15) is 6.17 Å². The fourth-order valence-electron chi connectivity index (χ4n) is 3.36. The number of aromatic hydroxyl groups is 1. The van der Waals surface area contributed by atoms with Crippen molar-refractivity contribution in [3.63, 3.8) is 0 Å². The molecule has 7 heteroatoms. The Morgan fingerprint density at radius 3 is 2.91 bits per heavy atom. The molecule has 3 rings (SSSR count). The summed E-state index contributed by atoms with van der Waals surface area (Å²) in [6.45, 7) is 4.81. The van der Waals surface area contributed by atoms with E-state index in [0.29, 0.717) is 13.2 Å². The average molecular weight is 307 g/mol. The lowest BCUT2D eigenvalue weighted by Crippen LogP contribution is -2.64. The molecule has 0 bridgehead atoms. The lowest BCUT2D eigenvalue weighted by atomic mass is 10.0. The van der Waals surface area contributed by atoms with E-state index in [1.54, 1.807) is 22.8 Å². The van der Waals surface area contributed by atoms with E-state index in [0.717, 1.165) is 19.5 Å². The Labute approximate surface area is 128 Å². The van der Waals surface area contributed by atoms with Crippen molar-refractivity contribution in [3.8, 4) is 5.75 Å². The molecule has 0 saturated carbocycles. The molecule has 0 aromatic carbocycles. The van der Waals surface area contributed by atoms with Gasteiger partial charge in [-0.05, 0) is 13.3 Å². The SMILES string of the molecule is COCCN1CCC(C)N2C(=O)c3c(O)c(=O)ccn3CC12. The van der Waals surface area contributed by atoms with Crippen molar-refractivity contribution in [1.29, 1.82) is 0 Å². The Balaban J connectivity index is 2.00. The van der Waals surface area contributed by atoms with Gasteiger partial charge in [0, 0.05) is 38.5 Å². The quantitative estimate of drug-likeness (QED) is 0.856. The first-order chi connectivity index (χ1) is 10.5. The number of methoxy groups -OCH3 is 1. The fraction of sp³-hybridized carbons (Fsp3) is 0.600. The summed E-state index contributed by atoms with van der Waals surface area (Å²) in [5.41, 5.74) is -0.414. The van der Waals surface area contributed by atoms with Crippen LogP contribution in [0.4, 0.5) is 0 Å². The minimum atomic E-state index is -0.515. The Bertz CT molecular complexity index is 640. The van der Waals surface area contributed by atoms with E-state index in [4.69, 9.17) is 4.74 Å². The number of fused-ring (bicyclic) bond motifs is 2. The van der Waals surface area contributed by atoms with Gasteiger partial charge in [-0.3, -0.25) is 14.5 Å². The van der Waals surface area contributed by atoms with Crippen molar-refractivity contribution in [1.82, 2.24) is 14.4 Å². The predicted molar refractivity (Wildman–Crippen MR) is 79.9 cm³/mol. The molecular formula is C15H21N3O4. The van der Waals surface area contributed by atoms with Gasteiger partial charge < -0.3 is 19.3 Å². The second kappa shape index (κ2) is 5.73. The number of amides is 1. The second-order valence-electron chi connectivity index (χ2n) is 5.89. The molecule has 2 aliphatic rings. The van der Waals surface area contributed by atoms with Crippen LogP contribution in [-0.4, -0.2) is 64.4 Å². The maximum atomic E-state index is 12.8. The van der Waals surface area contributed by atoms with Crippen molar-refractivity contribution in [2.24, 2.45) is 0 Å². The number of hydrogen-bond donors (Lipinski definition) is 1. The molecule has 1 amide bonds. The predicted octanol–water partition coefficient (Wildman–Crippen LogP) is 0.0764. The van der Waals surface area contributed by atoms with Gasteiger partial charge in [0.15, 0.2) is 11.4 Å². The van der Waals surface area contributed by atoms with Gasteiger partial charge in [-0.15, -0.1) is 0 Å². The van der Waals surface area contributed by atoms with Crippen molar-refractivity contribution in [2.45, 2.75) is 32.1 Å². The van der Waals surface area contributed by atoms with E-state index in [1.165, 1.54) is 6.07 Å². The monoisotopic (exact) mass is 307 g/mol. The topological polar surface area (TPSA) is 75.0 Å². The fourth-order valence-corrected chi connectivity index (χ4v) is 3.36. The van der Waals surface area contributed by atoms with E-state index in [1.807, 2.05) is 6.92 Å². The molecule has 1 aromatic heterocycles. The zero-order chi connectivity index (χ0) is 15.9. The Hall–Kier alpha value is -1.86. The Morgan fingerprint density at radius 2 is 2.18 bits per heavy atom. The summed E-state index contributed by atoms with van der Waals surface area (Å²) in [5, 5.41) is 9.98. The number of rotatable bonds is 3. The Morgan fingerprint density at radius 1 is 1.41 bits per heavy atom. The van der Waals surface area contributed by atoms with Crippen molar-refractivity contribution < 1.29 is 14.6 Å². The average Bonchev–Trinajstić information content (AvgIpc) is 2.50. The molecule has 120 valence electrons. The minimum Gasteiger partial charge on any atom is -0.503 e. The minimum absolute atomic E-state index is 0.0687. The van der Waals surface area contributed by atoms with Crippen LogP contribution in [0.5, 0.6) is 5.75 Å². The molecule has 0 aliphatic carbocycles. The van der Waals surface area contributed by atoms with Gasteiger partial charge in [0.2, 0.25) is 5.43 Å². The zero-order valence-corrected chi connectivity index (χ0v) is 12.9. The van der Waals surface area contributed by atoms with Crippen LogP contribution in [0.2, 0.25) is 0 Å². The molecule has 2 atom stereocenters. The van der Waals surface area contributed by atoms with E-state index in [-0.39, 0.29) is 23.8 Å². The smallest absolute Gasteiger partial charge is 0.276 e. The number of ether oxygens (including phenoxy) is 1. The summed E-state index contributed by atoms with van der Waals surface area (Å²) < 4.78 is 6.83. The van der Waals surface area contributed by atoms with Crippen LogP contribution in [0.15, 0.2) is 17.1 Å². The summed E-state index contributed by atoms with van der Waals surface area (Å²) in [6, 6.07) is 1.38. The zero-order valence-electron chi connectivity index (χ0n) is 12.9. The number of pyridine rings is 1. The molecule has 1 saturated heterocycles. The standard InChI is InChI=1S/C15H21N3O4/c1-10-3-5-16(7-8-22-2)12-9-17-6-4-11(19)14(20)13(17)15(21)18(10)12/h4,6,10,12,20H,3,5,7-9H2,1-2H3. The maximum absolute atomic E-state index is 12.8. The van der Waals surface area contributed by atoms with Gasteiger partial charge in [-0.2, -0.15) is 0 Å². The molecule has 0 radical (unpaired) electrons. The van der Waals surface area contributed by atoms with Gasteiger partial charge in [-0.1, -0.05) is 0 Å². The number of nitrogens with zero attached hydrogens (tertiary/aromatic N) is 3. The summed E-state index contributed by atoms with van der Waals surface area (Å²) in [7, 11) is 1.66. The lowest BCUT2D eigenvalue weighted by molar-refractivity contribution is -0.0395. The van der Waals surface area contributed by atoms with Crippen LogP contribution in [0, 0.1) is 0 Å². The third-order valence-corrected chi connectivity index (χ3v) is 4.58.